The highest BCUT2D eigenvalue weighted by atomic mass is 79.9. The van der Waals surface area contributed by atoms with Gasteiger partial charge >= 0.3 is 0 Å². The maximum Gasteiger partial charge on any atom is 0.165 e. The van der Waals surface area contributed by atoms with Gasteiger partial charge in [-0.2, -0.15) is 0 Å². The van der Waals surface area contributed by atoms with Crippen molar-refractivity contribution < 1.29 is 14.2 Å². The van der Waals surface area contributed by atoms with E-state index < -0.39 is 11.9 Å². The quantitative estimate of drug-likeness (QED) is 0.920. The molecule has 1 heterocycles. The normalized spacial score (nSPS) is 12.4. The van der Waals surface area contributed by atoms with Crippen LogP contribution in [0.3, 0.4) is 0 Å². The van der Waals surface area contributed by atoms with Gasteiger partial charge < -0.3 is 9.84 Å². The summed E-state index contributed by atoms with van der Waals surface area (Å²) in [5, 5.41) is 12.0. The van der Waals surface area contributed by atoms with E-state index in [0.717, 1.165) is 14.9 Å². The van der Waals surface area contributed by atoms with E-state index in [1.54, 1.807) is 12.1 Å². The number of methoxy groups -OCH3 is 1. The van der Waals surface area contributed by atoms with Gasteiger partial charge in [-0.25, -0.2) is 4.39 Å². The van der Waals surface area contributed by atoms with Gasteiger partial charge in [-0.3, -0.25) is 0 Å². The first-order valence-corrected chi connectivity index (χ1v) is 7.02. The summed E-state index contributed by atoms with van der Waals surface area (Å²) in [7, 11) is 1.43. The van der Waals surface area contributed by atoms with E-state index in [2.05, 4.69) is 15.9 Å². The number of hydrogen-bond acceptors (Lipinski definition) is 3. The van der Waals surface area contributed by atoms with Crippen molar-refractivity contribution in [3.63, 3.8) is 0 Å². The lowest BCUT2D eigenvalue weighted by Gasteiger charge is -2.09. The van der Waals surface area contributed by atoms with Crippen LogP contribution < -0.4 is 4.74 Å². The van der Waals surface area contributed by atoms with Gasteiger partial charge in [-0.1, -0.05) is 6.07 Å². The molecular weight excluding hydrogens is 319 g/mol. The number of benzene rings is 1. The summed E-state index contributed by atoms with van der Waals surface area (Å²) in [5.41, 5.74) is 0.741. The van der Waals surface area contributed by atoms with E-state index in [1.807, 2.05) is 11.4 Å². The second kappa shape index (κ2) is 5.82. The number of ether oxygens (including phenoxy) is 1. The van der Waals surface area contributed by atoms with Crippen molar-refractivity contribution in [3.8, 4) is 5.75 Å². The minimum absolute atomic E-state index is 0.215. The van der Waals surface area contributed by atoms with Crippen LogP contribution in [0, 0.1) is 5.82 Å². The molecule has 0 aliphatic carbocycles. The predicted molar refractivity (Wildman–Crippen MR) is 73.6 cm³/mol. The van der Waals surface area contributed by atoms with Gasteiger partial charge in [0.2, 0.25) is 0 Å². The lowest BCUT2D eigenvalue weighted by atomic mass is 10.1. The third-order valence-corrected chi connectivity index (χ3v) is 4.36. The van der Waals surface area contributed by atoms with Gasteiger partial charge in [0.15, 0.2) is 11.6 Å². The Morgan fingerprint density at radius 3 is 2.78 bits per heavy atom. The third kappa shape index (κ3) is 3.10. The SMILES string of the molecule is COc1ccc(CC(O)c2cc(Br)cs2)cc1F. The largest absolute Gasteiger partial charge is 0.494 e. The van der Waals surface area contributed by atoms with Crippen molar-refractivity contribution in [3.05, 3.63) is 50.4 Å². The van der Waals surface area contributed by atoms with Crippen molar-refractivity contribution in [2.45, 2.75) is 12.5 Å². The molecule has 0 aliphatic heterocycles. The maximum atomic E-state index is 13.5. The van der Waals surface area contributed by atoms with Crippen LogP contribution in [0.15, 0.2) is 34.1 Å². The maximum absolute atomic E-state index is 13.5. The molecule has 2 aromatic rings. The molecule has 2 nitrogen and oxygen atoms in total. The fraction of sp³-hybridized carbons (Fsp3) is 0.231. The molecule has 2 rings (SSSR count). The van der Waals surface area contributed by atoms with Gasteiger partial charge in [-0.15, -0.1) is 11.3 Å². The molecule has 0 bridgehead atoms. The van der Waals surface area contributed by atoms with Gasteiger partial charge in [-0.05, 0) is 39.7 Å². The van der Waals surface area contributed by atoms with Crippen LogP contribution in [0.25, 0.3) is 0 Å². The molecule has 96 valence electrons. The lowest BCUT2D eigenvalue weighted by Crippen LogP contribution is -2.00. The molecule has 1 N–H and O–H groups in total. The summed E-state index contributed by atoms with van der Waals surface area (Å²) < 4.78 is 19.3. The Balaban J connectivity index is 2.12. The van der Waals surface area contributed by atoms with Crippen LogP contribution in [0.1, 0.15) is 16.5 Å². The molecular formula is C13H12BrFO2S. The summed E-state index contributed by atoms with van der Waals surface area (Å²) in [6.07, 6.45) is -0.234. The second-order valence-corrected chi connectivity index (χ2v) is 5.71. The highest BCUT2D eigenvalue weighted by Crippen LogP contribution is 2.28. The Kier molecular flexibility index (Phi) is 4.37. The zero-order valence-electron chi connectivity index (χ0n) is 9.69. The molecule has 5 heteroatoms. The molecule has 0 amide bonds. The number of halogens is 2. The molecule has 0 radical (unpaired) electrons. The molecule has 1 unspecified atom stereocenters. The fourth-order valence-corrected chi connectivity index (χ4v) is 3.09. The van der Waals surface area contributed by atoms with Crippen LogP contribution in [-0.2, 0) is 6.42 Å². The summed E-state index contributed by atoms with van der Waals surface area (Å²) in [5.74, 6) is -0.193. The van der Waals surface area contributed by atoms with Crippen molar-refractivity contribution in [1.29, 1.82) is 0 Å². The van der Waals surface area contributed by atoms with E-state index >= 15 is 0 Å². The molecule has 0 spiro atoms. The number of aliphatic hydroxyl groups excluding tert-OH is 1. The first kappa shape index (κ1) is 13.5. The zero-order valence-corrected chi connectivity index (χ0v) is 12.1. The minimum atomic E-state index is -0.617. The van der Waals surface area contributed by atoms with Crippen LogP contribution in [0.4, 0.5) is 4.39 Å². The molecule has 18 heavy (non-hydrogen) atoms. The number of thiophene rings is 1. The molecule has 1 aromatic carbocycles. The summed E-state index contributed by atoms with van der Waals surface area (Å²) in [6.45, 7) is 0. The lowest BCUT2D eigenvalue weighted by molar-refractivity contribution is 0.182. The average Bonchev–Trinajstić information content (AvgIpc) is 2.76. The van der Waals surface area contributed by atoms with Crippen LogP contribution in [0.5, 0.6) is 5.75 Å². The average molecular weight is 331 g/mol. The highest BCUT2D eigenvalue weighted by Gasteiger charge is 2.12. The van der Waals surface area contributed by atoms with E-state index in [4.69, 9.17) is 4.74 Å². The summed E-state index contributed by atoms with van der Waals surface area (Å²) >= 11 is 4.81. The Hall–Kier alpha value is -0.910. The smallest absolute Gasteiger partial charge is 0.165 e. The van der Waals surface area contributed by atoms with E-state index in [-0.39, 0.29) is 5.75 Å². The minimum Gasteiger partial charge on any atom is -0.494 e. The van der Waals surface area contributed by atoms with Crippen molar-refractivity contribution in [1.82, 2.24) is 0 Å². The van der Waals surface area contributed by atoms with E-state index in [9.17, 15) is 9.50 Å². The Labute approximate surface area is 117 Å². The van der Waals surface area contributed by atoms with Gasteiger partial charge in [0, 0.05) is 21.2 Å². The van der Waals surface area contributed by atoms with Crippen LogP contribution in [0.2, 0.25) is 0 Å². The van der Waals surface area contributed by atoms with E-state index in [0.29, 0.717) is 6.42 Å². The Morgan fingerprint density at radius 2 is 2.22 bits per heavy atom. The third-order valence-electron chi connectivity index (χ3n) is 2.56. The zero-order chi connectivity index (χ0) is 13.1. The topological polar surface area (TPSA) is 29.5 Å². The van der Waals surface area contributed by atoms with Crippen molar-refractivity contribution >= 4 is 27.3 Å². The first-order valence-electron chi connectivity index (χ1n) is 5.34. The van der Waals surface area contributed by atoms with Crippen molar-refractivity contribution in [2.75, 3.05) is 7.11 Å². The van der Waals surface area contributed by atoms with Crippen LogP contribution in [-0.4, -0.2) is 12.2 Å². The number of aliphatic hydroxyl groups is 1. The highest BCUT2D eigenvalue weighted by molar-refractivity contribution is 9.10. The number of rotatable bonds is 4. The monoisotopic (exact) mass is 330 g/mol. The molecule has 0 saturated heterocycles. The molecule has 0 aliphatic rings. The molecule has 1 atom stereocenters. The predicted octanol–water partition coefficient (Wildman–Crippen LogP) is 3.93. The van der Waals surface area contributed by atoms with Gasteiger partial charge in [0.25, 0.3) is 0 Å². The molecule has 1 aromatic heterocycles. The van der Waals surface area contributed by atoms with Gasteiger partial charge in [0.05, 0.1) is 13.2 Å². The fourth-order valence-electron chi connectivity index (χ4n) is 1.66. The summed E-state index contributed by atoms with van der Waals surface area (Å²) in [4.78, 5) is 0.859. The summed E-state index contributed by atoms with van der Waals surface area (Å²) in [6, 6.07) is 6.59. The Bertz CT molecular complexity index is 542. The van der Waals surface area contributed by atoms with Gasteiger partial charge in [0.1, 0.15) is 0 Å². The standard InChI is InChI=1S/C13H12BrFO2S/c1-17-12-3-2-8(4-10(12)15)5-11(16)13-6-9(14)7-18-13/h2-4,6-7,11,16H,5H2,1H3. The second-order valence-electron chi connectivity index (χ2n) is 3.86. The molecule has 0 saturated carbocycles. The first-order chi connectivity index (χ1) is 8.60. The molecule has 0 fully saturated rings. The van der Waals surface area contributed by atoms with E-state index in [1.165, 1.54) is 24.5 Å². The van der Waals surface area contributed by atoms with Crippen molar-refractivity contribution in [2.24, 2.45) is 0 Å². The Morgan fingerprint density at radius 1 is 1.44 bits per heavy atom. The van der Waals surface area contributed by atoms with Crippen LogP contribution >= 0.6 is 27.3 Å². The number of hydrogen-bond donors (Lipinski definition) is 1.